The third-order valence-corrected chi connectivity index (χ3v) is 4.91. The van der Waals surface area contributed by atoms with E-state index in [1.807, 2.05) is 0 Å². The molecule has 0 aromatic rings. The van der Waals surface area contributed by atoms with Gasteiger partial charge in [-0.05, 0) is 25.2 Å². The third-order valence-electron chi connectivity index (χ3n) is 2.74. The van der Waals surface area contributed by atoms with Crippen LogP contribution >= 0.6 is 11.6 Å². The first kappa shape index (κ1) is 13.2. The van der Waals surface area contributed by atoms with Crippen LogP contribution in [0.2, 0.25) is 0 Å². The third kappa shape index (κ3) is 3.90. The van der Waals surface area contributed by atoms with Crippen LogP contribution in [0, 0.1) is 5.92 Å². The molecule has 0 amide bonds. The zero-order valence-electron chi connectivity index (χ0n) is 8.89. The van der Waals surface area contributed by atoms with Crippen LogP contribution in [-0.2, 0) is 10.0 Å². The van der Waals surface area contributed by atoms with Crippen LogP contribution in [0.25, 0.3) is 0 Å². The highest BCUT2D eigenvalue weighted by Gasteiger charge is 2.30. The van der Waals surface area contributed by atoms with E-state index in [1.165, 1.54) is 4.31 Å². The number of aliphatic hydroxyl groups is 1. The van der Waals surface area contributed by atoms with E-state index >= 15 is 0 Å². The van der Waals surface area contributed by atoms with Gasteiger partial charge in [0.15, 0.2) is 0 Å². The first-order valence-electron chi connectivity index (χ1n) is 5.13. The molecule has 1 N–H and O–H groups in total. The molecule has 0 saturated heterocycles. The minimum absolute atomic E-state index is 0.113. The van der Waals surface area contributed by atoms with Gasteiger partial charge >= 0.3 is 0 Å². The summed E-state index contributed by atoms with van der Waals surface area (Å²) in [6.45, 7) is 0.516. The topological polar surface area (TPSA) is 57.6 Å². The summed E-state index contributed by atoms with van der Waals surface area (Å²) in [4.78, 5) is 0. The highest BCUT2D eigenvalue weighted by Crippen LogP contribution is 2.28. The standard InChI is InChI=1S/C9H18ClNO3S/c1-11(7-8-5-9(12)6-8)15(13,14)4-2-3-10/h8-9,12H,2-7H2,1H3. The largest absolute Gasteiger partial charge is 0.393 e. The smallest absolute Gasteiger partial charge is 0.213 e. The first-order chi connectivity index (χ1) is 6.95. The fraction of sp³-hybridized carbons (Fsp3) is 1.00. The fourth-order valence-corrected chi connectivity index (χ4v) is 3.27. The normalized spacial score (nSPS) is 26.7. The Labute approximate surface area is 96.3 Å². The van der Waals surface area contributed by atoms with Gasteiger partial charge in [0.05, 0.1) is 11.9 Å². The van der Waals surface area contributed by atoms with E-state index in [0.29, 0.717) is 24.8 Å². The Balaban J connectivity index is 2.35. The van der Waals surface area contributed by atoms with Crippen molar-refractivity contribution >= 4 is 21.6 Å². The van der Waals surface area contributed by atoms with E-state index in [0.717, 1.165) is 12.8 Å². The molecule has 0 unspecified atom stereocenters. The van der Waals surface area contributed by atoms with Crippen LogP contribution in [0.5, 0.6) is 0 Å². The Morgan fingerprint density at radius 3 is 2.53 bits per heavy atom. The zero-order valence-corrected chi connectivity index (χ0v) is 10.5. The predicted molar refractivity (Wildman–Crippen MR) is 60.5 cm³/mol. The van der Waals surface area contributed by atoms with E-state index in [-0.39, 0.29) is 11.9 Å². The van der Waals surface area contributed by atoms with Crippen molar-refractivity contribution in [1.82, 2.24) is 4.31 Å². The fourth-order valence-electron chi connectivity index (χ4n) is 1.72. The highest BCUT2D eigenvalue weighted by atomic mass is 35.5. The van der Waals surface area contributed by atoms with Crippen molar-refractivity contribution < 1.29 is 13.5 Å². The van der Waals surface area contributed by atoms with Crippen LogP contribution in [0.15, 0.2) is 0 Å². The number of nitrogens with zero attached hydrogens (tertiary/aromatic N) is 1. The summed E-state index contributed by atoms with van der Waals surface area (Å²) in [6.07, 6.45) is 1.70. The van der Waals surface area contributed by atoms with Crippen molar-refractivity contribution in [3.05, 3.63) is 0 Å². The molecule has 0 aromatic carbocycles. The predicted octanol–water partition coefficient (Wildman–Crippen LogP) is 0.648. The molecule has 1 saturated carbocycles. The van der Waals surface area contributed by atoms with Gasteiger partial charge in [-0.25, -0.2) is 12.7 Å². The Hall–Kier alpha value is 0.160. The lowest BCUT2D eigenvalue weighted by Gasteiger charge is -2.34. The Kier molecular flexibility index (Phi) is 4.83. The number of rotatable bonds is 6. The lowest BCUT2D eigenvalue weighted by atomic mass is 9.82. The molecule has 0 atom stereocenters. The van der Waals surface area contributed by atoms with Crippen molar-refractivity contribution in [1.29, 1.82) is 0 Å². The van der Waals surface area contributed by atoms with Gasteiger partial charge in [0.1, 0.15) is 0 Å². The molecule has 0 aliphatic heterocycles. The molecule has 90 valence electrons. The van der Waals surface area contributed by atoms with Gasteiger partial charge in [-0.15, -0.1) is 11.6 Å². The minimum Gasteiger partial charge on any atom is -0.393 e. The number of hydrogen-bond acceptors (Lipinski definition) is 3. The molecule has 0 radical (unpaired) electrons. The van der Waals surface area contributed by atoms with Crippen molar-refractivity contribution in [3.63, 3.8) is 0 Å². The number of alkyl halides is 1. The van der Waals surface area contributed by atoms with E-state index in [2.05, 4.69) is 0 Å². The van der Waals surface area contributed by atoms with E-state index in [9.17, 15) is 8.42 Å². The summed E-state index contributed by atoms with van der Waals surface area (Å²) < 4.78 is 24.7. The summed E-state index contributed by atoms with van der Waals surface area (Å²) in [7, 11) is -1.55. The lowest BCUT2D eigenvalue weighted by molar-refractivity contribution is 0.0367. The molecule has 1 aliphatic rings. The summed E-state index contributed by atoms with van der Waals surface area (Å²) in [5.74, 6) is 0.799. The molecular formula is C9H18ClNO3S. The maximum atomic E-state index is 11.7. The lowest BCUT2D eigenvalue weighted by Crippen LogP contribution is -2.40. The van der Waals surface area contributed by atoms with Crippen LogP contribution in [0.1, 0.15) is 19.3 Å². The van der Waals surface area contributed by atoms with Crippen molar-refractivity contribution in [2.45, 2.75) is 25.4 Å². The van der Waals surface area contributed by atoms with E-state index in [1.54, 1.807) is 7.05 Å². The summed E-state index contributed by atoms with van der Waals surface area (Å²) >= 11 is 5.46. The van der Waals surface area contributed by atoms with Gasteiger partial charge in [0.25, 0.3) is 0 Å². The molecule has 1 fully saturated rings. The van der Waals surface area contributed by atoms with Gasteiger partial charge < -0.3 is 5.11 Å². The second kappa shape index (κ2) is 5.48. The molecule has 0 aromatic heterocycles. The van der Waals surface area contributed by atoms with Crippen LogP contribution in [0.4, 0.5) is 0 Å². The average Bonchev–Trinajstić information content (AvgIpc) is 2.12. The Bertz CT molecular complexity index is 288. The van der Waals surface area contributed by atoms with Crippen molar-refractivity contribution in [2.24, 2.45) is 5.92 Å². The average molecular weight is 256 g/mol. The van der Waals surface area contributed by atoms with Gasteiger partial charge in [-0.1, -0.05) is 0 Å². The highest BCUT2D eigenvalue weighted by molar-refractivity contribution is 7.89. The van der Waals surface area contributed by atoms with Crippen molar-refractivity contribution in [2.75, 3.05) is 25.2 Å². The number of aliphatic hydroxyl groups excluding tert-OH is 1. The number of hydrogen-bond donors (Lipinski definition) is 1. The maximum absolute atomic E-state index is 11.7. The molecular weight excluding hydrogens is 238 g/mol. The molecule has 6 heteroatoms. The molecule has 0 spiro atoms. The zero-order chi connectivity index (χ0) is 11.5. The SMILES string of the molecule is CN(CC1CC(O)C1)S(=O)(=O)CCCCl. The summed E-state index contributed by atoms with van der Waals surface area (Å²) in [5.41, 5.74) is 0. The molecule has 1 rings (SSSR count). The number of halogens is 1. The van der Waals surface area contributed by atoms with E-state index in [4.69, 9.17) is 16.7 Å². The molecule has 4 nitrogen and oxygen atoms in total. The number of sulfonamides is 1. The second-order valence-electron chi connectivity index (χ2n) is 4.13. The molecule has 0 heterocycles. The Morgan fingerprint density at radius 2 is 2.07 bits per heavy atom. The van der Waals surface area contributed by atoms with Crippen LogP contribution in [-0.4, -0.2) is 49.2 Å². The van der Waals surface area contributed by atoms with E-state index < -0.39 is 10.0 Å². The first-order valence-corrected chi connectivity index (χ1v) is 7.28. The summed E-state index contributed by atoms with van der Waals surface area (Å²) in [6, 6.07) is 0. The maximum Gasteiger partial charge on any atom is 0.213 e. The Morgan fingerprint density at radius 1 is 1.47 bits per heavy atom. The van der Waals surface area contributed by atoms with Gasteiger partial charge in [-0.2, -0.15) is 0 Å². The van der Waals surface area contributed by atoms with Gasteiger partial charge in [-0.3, -0.25) is 0 Å². The van der Waals surface area contributed by atoms with Gasteiger partial charge in [0.2, 0.25) is 10.0 Å². The monoisotopic (exact) mass is 255 g/mol. The quantitative estimate of drug-likeness (QED) is 0.709. The van der Waals surface area contributed by atoms with Crippen LogP contribution < -0.4 is 0 Å². The molecule has 0 bridgehead atoms. The molecule has 1 aliphatic carbocycles. The van der Waals surface area contributed by atoms with Gasteiger partial charge in [0, 0.05) is 19.5 Å². The summed E-state index contributed by atoms with van der Waals surface area (Å²) in [5, 5.41) is 9.09. The minimum atomic E-state index is -3.14. The second-order valence-corrected chi connectivity index (χ2v) is 6.70. The molecule has 15 heavy (non-hydrogen) atoms. The van der Waals surface area contributed by atoms with Crippen molar-refractivity contribution in [3.8, 4) is 0 Å². The van der Waals surface area contributed by atoms with Crippen LogP contribution in [0.3, 0.4) is 0 Å².